The Balaban J connectivity index is 2.11. The van der Waals surface area contributed by atoms with Crippen molar-refractivity contribution in [1.29, 1.82) is 0 Å². The zero-order valence-corrected chi connectivity index (χ0v) is 12.4. The van der Waals surface area contributed by atoms with Crippen molar-refractivity contribution in [2.75, 3.05) is 11.6 Å². The van der Waals surface area contributed by atoms with E-state index >= 15 is 0 Å². The Morgan fingerprint density at radius 2 is 2.15 bits per heavy atom. The van der Waals surface area contributed by atoms with Crippen LogP contribution >= 0.6 is 27.5 Å². The summed E-state index contributed by atoms with van der Waals surface area (Å²) in [5, 5.41) is 20.0. The number of fused-ring (bicyclic) bond motifs is 1. The lowest BCUT2D eigenvalue weighted by Crippen LogP contribution is -2.32. The first-order valence-corrected chi connectivity index (χ1v) is 7.08. The van der Waals surface area contributed by atoms with Crippen LogP contribution in [0, 0.1) is 0 Å². The fourth-order valence-corrected chi connectivity index (χ4v) is 3.00. The standard InChI is InChI=1S/C10H11BrClN5O3/c11-10-16-4-7(13)14-2-15-8(4)17(10)9-6(19)5(18)3(1-12)20-9/h2-3,5-6,9,18-19H,1H2,(H2,13,14,15)/t3-,5-,6-,9-/m1/s1. The van der Waals surface area contributed by atoms with Gasteiger partial charge in [-0.25, -0.2) is 15.0 Å². The van der Waals surface area contributed by atoms with E-state index < -0.39 is 24.5 Å². The summed E-state index contributed by atoms with van der Waals surface area (Å²) >= 11 is 8.97. The van der Waals surface area contributed by atoms with Gasteiger partial charge in [-0.3, -0.25) is 4.57 Å². The number of ether oxygens (including phenoxy) is 1. The monoisotopic (exact) mass is 363 g/mol. The number of aliphatic hydroxyl groups is 2. The molecule has 1 fully saturated rings. The van der Waals surface area contributed by atoms with Crippen LogP contribution in [0.25, 0.3) is 11.2 Å². The Bertz CT molecular complexity index is 653. The minimum Gasteiger partial charge on any atom is -0.387 e. The summed E-state index contributed by atoms with van der Waals surface area (Å²) in [7, 11) is 0. The maximum Gasteiger partial charge on any atom is 0.181 e. The maximum atomic E-state index is 10.1. The number of nitrogen functional groups attached to an aromatic ring is 1. The summed E-state index contributed by atoms with van der Waals surface area (Å²) in [5.74, 6) is 0.284. The molecule has 0 radical (unpaired) electrons. The molecule has 3 rings (SSSR count). The first-order chi connectivity index (χ1) is 9.54. The minimum atomic E-state index is -1.15. The number of nitrogens with zero attached hydrogens (tertiary/aromatic N) is 4. The van der Waals surface area contributed by atoms with Gasteiger partial charge in [0.15, 0.2) is 27.9 Å². The average Bonchev–Trinajstić information content (AvgIpc) is 2.90. The van der Waals surface area contributed by atoms with Gasteiger partial charge in [0.2, 0.25) is 0 Å². The predicted molar refractivity (Wildman–Crippen MR) is 74.1 cm³/mol. The summed E-state index contributed by atoms with van der Waals surface area (Å²) < 4.78 is 7.44. The van der Waals surface area contributed by atoms with Crippen LogP contribution in [0.15, 0.2) is 11.1 Å². The fraction of sp³-hybridized carbons (Fsp3) is 0.500. The van der Waals surface area contributed by atoms with Crippen LogP contribution in [0.3, 0.4) is 0 Å². The van der Waals surface area contributed by atoms with E-state index in [-0.39, 0.29) is 11.7 Å². The van der Waals surface area contributed by atoms with Gasteiger partial charge in [0, 0.05) is 0 Å². The van der Waals surface area contributed by atoms with Crippen LogP contribution in [0.1, 0.15) is 6.23 Å². The molecule has 20 heavy (non-hydrogen) atoms. The van der Waals surface area contributed by atoms with Crippen molar-refractivity contribution in [2.24, 2.45) is 0 Å². The van der Waals surface area contributed by atoms with E-state index in [1.54, 1.807) is 0 Å². The second-order valence-corrected chi connectivity index (χ2v) is 5.40. The topological polar surface area (TPSA) is 119 Å². The van der Waals surface area contributed by atoms with Crippen LogP contribution in [0.5, 0.6) is 0 Å². The number of aliphatic hydroxyl groups excluding tert-OH is 2. The molecule has 8 nitrogen and oxygen atoms in total. The lowest BCUT2D eigenvalue weighted by Gasteiger charge is -2.17. The Morgan fingerprint density at radius 1 is 1.40 bits per heavy atom. The molecule has 3 heterocycles. The van der Waals surface area contributed by atoms with E-state index in [0.29, 0.717) is 15.9 Å². The Hall–Kier alpha value is -1.00. The van der Waals surface area contributed by atoms with Gasteiger partial charge in [-0.15, -0.1) is 11.6 Å². The van der Waals surface area contributed by atoms with Gasteiger partial charge in [-0.1, -0.05) is 0 Å². The van der Waals surface area contributed by atoms with Crippen LogP contribution in [0.2, 0.25) is 0 Å². The lowest BCUT2D eigenvalue weighted by molar-refractivity contribution is -0.0305. The van der Waals surface area contributed by atoms with Crippen molar-refractivity contribution >= 4 is 44.5 Å². The van der Waals surface area contributed by atoms with Crippen molar-refractivity contribution in [2.45, 2.75) is 24.5 Å². The molecule has 108 valence electrons. The zero-order valence-electron chi connectivity index (χ0n) is 10.0. The molecule has 0 aliphatic carbocycles. The van der Waals surface area contributed by atoms with Crippen molar-refractivity contribution < 1.29 is 14.9 Å². The molecular weight excluding hydrogens is 353 g/mol. The third-order valence-corrected chi connectivity index (χ3v) is 4.07. The van der Waals surface area contributed by atoms with Crippen molar-refractivity contribution in [3.63, 3.8) is 0 Å². The molecule has 4 N–H and O–H groups in total. The van der Waals surface area contributed by atoms with Gasteiger partial charge in [0.25, 0.3) is 0 Å². The van der Waals surface area contributed by atoms with Gasteiger partial charge in [0.1, 0.15) is 24.6 Å². The summed E-state index contributed by atoms with van der Waals surface area (Å²) in [6, 6.07) is 0. The molecule has 2 aromatic heterocycles. The molecule has 0 spiro atoms. The molecule has 0 bridgehead atoms. The van der Waals surface area contributed by atoms with E-state index in [1.807, 2.05) is 0 Å². The average molecular weight is 365 g/mol. The van der Waals surface area contributed by atoms with E-state index in [0.717, 1.165) is 0 Å². The van der Waals surface area contributed by atoms with Gasteiger partial charge < -0.3 is 20.7 Å². The third kappa shape index (κ3) is 1.97. The van der Waals surface area contributed by atoms with Crippen molar-refractivity contribution in [3.05, 3.63) is 11.1 Å². The first-order valence-electron chi connectivity index (χ1n) is 5.76. The highest BCUT2D eigenvalue weighted by molar-refractivity contribution is 9.10. The number of aromatic nitrogens is 4. The number of hydrogen-bond acceptors (Lipinski definition) is 7. The molecule has 1 aliphatic heterocycles. The number of anilines is 1. The van der Waals surface area contributed by atoms with Crippen LogP contribution in [-0.4, -0.2) is 53.9 Å². The van der Waals surface area contributed by atoms with Crippen molar-refractivity contribution in [1.82, 2.24) is 19.5 Å². The largest absolute Gasteiger partial charge is 0.387 e. The van der Waals surface area contributed by atoms with Gasteiger partial charge in [-0.2, -0.15) is 0 Å². The SMILES string of the molecule is Nc1ncnc2c1nc(Br)n2[C@@H]1O[C@H](CCl)[C@@H](O)[C@H]1O. The highest BCUT2D eigenvalue weighted by Crippen LogP contribution is 2.35. The van der Waals surface area contributed by atoms with Gasteiger partial charge in [0.05, 0.1) is 5.88 Å². The molecule has 1 saturated heterocycles. The summed E-state index contributed by atoms with van der Waals surface area (Å²) in [4.78, 5) is 12.1. The zero-order chi connectivity index (χ0) is 14.4. The molecule has 2 aromatic rings. The smallest absolute Gasteiger partial charge is 0.181 e. The molecule has 0 aromatic carbocycles. The molecule has 1 aliphatic rings. The molecule has 0 amide bonds. The molecular formula is C10H11BrClN5O3. The summed E-state index contributed by atoms with van der Waals surface area (Å²) in [6.07, 6.45) is -2.47. The Labute approximate surface area is 126 Å². The molecule has 4 atom stereocenters. The van der Waals surface area contributed by atoms with Crippen molar-refractivity contribution in [3.8, 4) is 0 Å². The normalized spacial score (nSPS) is 30.2. The fourth-order valence-electron chi connectivity index (χ4n) is 2.20. The number of halogens is 2. The van der Waals surface area contributed by atoms with E-state index in [2.05, 4.69) is 30.9 Å². The van der Waals surface area contributed by atoms with Crippen LogP contribution < -0.4 is 5.73 Å². The summed E-state index contributed by atoms with van der Waals surface area (Å²) in [6.45, 7) is 0. The molecule has 10 heteroatoms. The number of alkyl halides is 1. The highest BCUT2D eigenvalue weighted by Gasteiger charge is 2.44. The highest BCUT2D eigenvalue weighted by atomic mass is 79.9. The van der Waals surface area contributed by atoms with E-state index in [9.17, 15) is 10.2 Å². The molecule has 0 saturated carbocycles. The number of imidazole rings is 1. The Kier molecular flexibility index (Phi) is 3.55. The second-order valence-electron chi connectivity index (χ2n) is 4.38. The maximum absolute atomic E-state index is 10.1. The predicted octanol–water partition coefficient (Wildman–Crippen LogP) is 0.0290. The van der Waals surface area contributed by atoms with Crippen LogP contribution in [-0.2, 0) is 4.74 Å². The molecule has 0 unspecified atom stereocenters. The number of nitrogens with two attached hydrogens (primary N) is 1. The first kappa shape index (κ1) is 14.0. The Morgan fingerprint density at radius 3 is 2.80 bits per heavy atom. The van der Waals surface area contributed by atoms with Gasteiger partial charge in [-0.05, 0) is 15.9 Å². The summed E-state index contributed by atoms with van der Waals surface area (Å²) in [5.41, 5.74) is 6.52. The number of rotatable bonds is 2. The third-order valence-electron chi connectivity index (χ3n) is 3.21. The quantitative estimate of drug-likeness (QED) is 0.508. The lowest BCUT2D eigenvalue weighted by atomic mass is 10.1. The second kappa shape index (κ2) is 5.08. The van der Waals surface area contributed by atoms with Gasteiger partial charge >= 0.3 is 0 Å². The van der Waals surface area contributed by atoms with Crippen LogP contribution in [0.4, 0.5) is 5.82 Å². The minimum absolute atomic E-state index is 0.0656. The number of hydrogen-bond donors (Lipinski definition) is 3. The van der Waals surface area contributed by atoms with E-state index in [1.165, 1.54) is 10.9 Å². The van der Waals surface area contributed by atoms with E-state index in [4.69, 9.17) is 22.1 Å².